The monoisotopic (exact) mass is 429 g/mol. The van der Waals surface area contributed by atoms with Gasteiger partial charge in [-0.05, 0) is 82.6 Å². The lowest BCUT2D eigenvalue weighted by Gasteiger charge is -2.28. The van der Waals surface area contributed by atoms with Crippen molar-refractivity contribution in [1.29, 1.82) is 0 Å². The Morgan fingerprint density at radius 1 is 1.10 bits per heavy atom. The van der Waals surface area contributed by atoms with Crippen LogP contribution in [0.15, 0.2) is 59.5 Å². The summed E-state index contributed by atoms with van der Waals surface area (Å²) in [5, 5.41) is 2.95. The van der Waals surface area contributed by atoms with Crippen molar-refractivity contribution in [3.63, 3.8) is 0 Å². The Balaban J connectivity index is 1.66. The summed E-state index contributed by atoms with van der Waals surface area (Å²) >= 11 is 0. The Bertz CT molecular complexity index is 939. The van der Waals surface area contributed by atoms with Gasteiger partial charge in [-0.2, -0.15) is 0 Å². The molecule has 0 unspecified atom stereocenters. The Morgan fingerprint density at radius 2 is 1.80 bits per heavy atom. The lowest BCUT2D eigenvalue weighted by molar-refractivity contribution is 0.0948. The van der Waals surface area contributed by atoms with Crippen molar-refractivity contribution in [2.24, 2.45) is 5.92 Å². The average molecular weight is 430 g/mol. The van der Waals surface area contributed by atoms with Crippen LogP contribution >= 0.6 is 0 Å². The Morgan fingerprint density at radius 3 is 2.47 bits per heavy atom. The van der Waals surface area contributed by atoms with Crippen LogP contribution in [-0.4, -0.2) is 52.5 Å². The topological polar surface area (TPSA) is 69.7 Å². The largest absolute Gasteiger partial charge is 0.352 e. The van der Waals surface area contributed by atoms with E-state index in [1.165, 1.54) is 16.4 Å². The van der Waals surface area contributed by atoms with Crippen LogP contribution < -0.4 is 9.62 Å². The molecule has 1 N–H and O–H groups in total. The van der Waals surface area contributed by atoms with Gasteiger partial charge in [-0.3, -0.25) is 9.10 Å². The maximum absolute atomic E-state index is 13.2. The highest BCUT2D eigenvalue weighted by Crippen LogP contribution is 2.24. The van der Waals surface area contributed by atoms with E-state index in [9.17, 15) is 13.2 Å². The van der Waals surface area contributed by atoms with Crippen LogP contribution in [0, 0.1) is 5.92 Å². The van der Waals surface area contributed by atoms with Gasteiger partial charge in [0, 0.05) is 18.7 Å². The van der Waals surface area contributed by atoms with E-state index >= 15 is 0 Å². The van der Waals surface area contributed by atoms with Gasteiger partial charge in [0.25, 0.3) is 15.9 Å². The number of para-hydroxylation sites is 1. The van der Waals surface area contributed by atoms with Crippen LogP contribution in [0.3, 0.4) is 0 Å². The van der Waals surface area contributed by atoms with Crippen LogP contribution in [0.25, 0.3) is 0 Å². The van der Waals surface area contributed by atoms with E-state index in [2.05, 4.69) is 17.3 Å². The van der Waals surface area contributed by atoms with Crippen molar-refractivity contribution < 1.29 is 13.2 Å². The van der Waals surface area contributed by atoms with Crippen molar-refractivity contribution in [3.8, 4) is 0 Å². The standard InChI is InChI=1S/C23H31N3O3S/c1-3-26(21-9-5-4-6-10-21)30(28,29)22-11-7-8-20(18-22)23(27)24-15-12-19-13-16-25(2)17-14-19/h4-11,18-19H,3,12-17H2,1-2H3,(H,24,27). The third kappa shape index (κ3) is 5.40. The Kier molecular flexibility index (Phi) is 7.50. The minimum absolute atomic E-state index is 0.121. The van der Waals surface area contributed by atoms with Crippen LogP contribution in [0.4, 0.5) is 5.69 Å². The summed E-state index contributed by atoms with van der Waals surface area (Å²) in [5.74, 6) is 0.403. The fourth-order valence-electron chi connectivity index (χ4n) is 3.85. The van der Waals surface area contributed by atoms with Crippen molar-refractivity contribution in [1.82, 2.24) is 10.2 Å². The van der Waals surface area contributed by atoms with E-state index in [0.29, 0.717) is 30.3 Å². The van der Waals surface area contributed by atoms with Crippen molar-refractivity contribution >= 4 is 21.6 Å². The molecule has 2 aromatic rings. The van der Waals surface area contributed by atoms with Crippen LogP contribution in [0.5, 0.6) is 0 Å². The van der Waals surface area contributed by atoms with Gasteiger partial charge < -0.3 is 10.2 Å². The van der Waals surface area contributed by atoms with Crippen LogP contribution in [0.1, 0.15) is 36.5 Å². The molecule has 0 saturated carbocycles. The number of nitrogens with one attached hydrogen (secondary N) is 1. The molecule has 1 amide bonds. The molecular formula is C23H31N3O3S. The molecule has 1 saturated heterocycles. The highest BCUT2D eigenvalue weighted by atomic mass is 32.2. The lowest BCUT2D eigenvalue weighted by atomic mass is 9.94. The van der Waals surface area contributed by atoms with Gasteiger partial charge >= 0.3 is 0 Å². The highest BCUT2D eigenvalue weighted by Gasteiger charge is 2.24. The SMILES string of the molecule is CCN(c1ccccc1)S(=O)(=O)c1cccc(C(=O)NCCC2CCN(C)CC2)c1. The summed E-state index contributed by atoms with van der Waals surface area (Å²) in [6.45, 7) is 4.92. The number of nitrogens with zero attached hydrogens (tertiary/aromatic N) is 2. The van der Waals surface area contributed by atoms with Crippen molar-refractivity contribution in [2.45, 2.75) is 31.1 Å². The van der Waals surface area contributed by atoms with E-state index in [1.54, 1.807) is 31.2 Å². The molecule has 2 aromatic carbocycles. The van der Waals surface area contributed by atoms with Gasteiger partial charge in [-0.15, -0.1) is 0 Å². The van der Waals surface area contributed by atoms with Crippen molar-refractivity contribution in [3.05, 3.63) is 60.2 Å². The molecule has 162 valence electrons. The molecule has 0 aliphatic carbocycles. The molecule has 1 heterocycles. The van der Waals surface area contributed by atoms with E-state index in [1.807, 2.05) is 18.2 Å². The molecule has 3 rings (SSSR count). The van der Waals surface area contributed by atoms with Gasteiger partial charge in [0.1, 0.15) is 0 Å². The first-order chi connectivity index (χ1) is 14.4. The van der Waals surface area contributed by atoms with Gasteiger partial charge in [0.2, 0.25) is 0 Å². The lowest BCUT2D eigenvalue weighted by Crippen LogP contribution is -2.33. The minimum Gasteiger partial charge on any atom is -0.352 e. The second-order valence-electron chi connectivity index (χ2n) is 7.82. The number of likely N-dealkylation sites (tertiary alicyclic amines) is 1. The molecule has 0 spiro atoms. The van der Waals surface area contributed by atoms with Gasteiger partial charge in [0.05, 0.1) is 10.6 Å². The third-order valence-corrected chi connectivity index (χ3v) is 7.59. The first-order valence-corrected chi connectivity index (χ1v) is 12.0. The smallest absolute Gasteiger partial charge is 0.264 e. The molecule has 30 heavy (non-hydrogen) atoms. The molecule has 0 atom stereocenters. The summed E-state index contributed by atoms with van der Waals surface area (Å²) in [6.07, 6.45) is 3.27. The number of benzene rings is 2. The molecule has 6 nitrogen and oxygen atoms in total. The molecular weight excluding hydrogens is 398 g/mol. The second kappa shape index (κ2) is 10.1. The summed E-state index contributed by atoms with van der Waals surface area (Å²) < 4.78 is 27.7. The zero-order valence-corrected chi connectivity index (χ0v) is 18.6. The van der Waals surface area contributed by atoms with Gasteiger partial charge in [-0.1, -0.05) is 24.3 Å². The second-order valence-corrected chi connectivity index (χ2v) is 9.69. The number of anilines is 1. The van der Waals surface area contributed by atoms with Gasteiger partial charge in [0.15, 0.2) is 0 Å². The maximum atomic E-state index is 13.2. The third-order valence-electron chi connectivity index (χ3n) is 5.69. The summed E-state index contributed by atoms with van der Waals surface area (Å²) in [5.41, 5.74) is 0.969. The predicted octanol–water partition coefficient (Wildman–Crippen LogP) is 3.36. The number of piperidine rings is 1. The fourth-order valence-corrected chi connectivity index (χ4v) is 5.37. The molecule has 7 heteroatoms. The molecule has 1 aliphatic rings. The maximum Gasteiger partial charge on any atom is 0.264 e. The minimum atomic E-state index is -3.75. The van der Waals surface area contributed by atoms with E-state index in [0.717, 1.165) is 32.4 Å². The quantitative estimate of drug-likeness (QED) is 0.699. The zero-order valence-electron chi connectivity index (χ0n) is 17.8. The first-order valence-electron chi connectivity index (χ1n) is 10.6. The summed E-state index contributed by atoms with van der Waals surface area (Å²) in [6, 6.07) is 15.3. The number of hydrogen-bond acceptors (Lipinski definition) is 4. The van der Waals surface area contributed by atoms with E-state index < -0.39 is 10.0 Å². The highest BCUT2D eigenvalue weighted by molar-refractivity contribution is 7.92. The first kappa shape index (κ1) is 22.3. The zero-order chi connectivity index (χ0) is 21.6. The summed E-state index contributed by atoms with van der Waals surface area (Å²) in [7, 11) is -1.62. The number of amides is 1. The van der Waals surface area contributed by atoms with E-state index in [4.69, 9.17) is 0 Å². The van der Waals surface area contributed by atoms with Crippen LogP contribution in [0.2, 0.25) is 0 Å². The molecule has 0 aromatic heterocycles. The molecule has 1 fully saturated rings. The number of rotatable bonds is 8. The average Bonchev–Trinajstić information content (AvgIpc) is 2.76. The number of carbonyl (C=O) groups is 1. The normalized spacial score (nSPS) is 15.7. The Labute approximate surface area is 179 Å². The van der Waals surface area contributed by atoms with E-state index in [-0.39, 0.29) is 10.8 Å². The Hall–Kier alpha value is -2.38. The number of hydrogen-bond donors (Lipinski definition) is 1. The summed E-state index contributed by atoms with van der Waals surface area (Å²) in [4.78, 5) is 15.1. The molecule has 0 radical (unpaired) electrons. The fraction of sp³-hybridized carbons (Fsp3) is 0.435. The molecule has 0 bridgehead atoms. The van der Waals surface area contributed by atoms with Crippen molar-refractivity contribution in [2.75, 3.05) is 37.5 Å². The predicted molar refractivity (Wildman–Crippen MR) is 120 cm³/mol. The molecule has 1 aliphatic heterocycles. The number of sulfonamides is 1. The van der Waals surface area contributed by atoms with Crippen LogP contribution in [-0.2, 0) is 10.0 Å². The number of carbonyl (C=O) groups excluding carboxylic acids is 1. The van der Waals surface area contributed by atoms with Gasteiger partial charge in [-0.25, -0.2) is 8.42 Å².